The molecule has 1 atom stereocenters. The Morgan fingerprint density at radius 1 is 1.70 bits per heavy atom. The van der Waals surface area contributed by atoms with Gasteiger partial charge in [-0.1, -0.05) is 20.3 Å². The largest absolute Gasteiger partial charge is 0.466 e. The molecule has 0 aromatic carbocycles. The van der Waals surface area contributed by atoms with Crippen LogP contribution < -0.4 is 0 Å². The smallest absolute Gasteiger partial charge is 0.302 e. The Morgan fingerprint density at radius 2 is 2.30 bits per heavy atom. The summed E-state index contributed by atoms with van der Waals surface area (Å²) in [5.41, 5.74) is 0. The van der Waals surface area contributed by atoms with E-state index in [1.54, 1.807) is 0 Å². The lowest BCUT2D eigenvalue weighted by Gasteiger charge is -2.08. The van der Waals surface area contributed by atoms with Gasteiger partial charge in [-0.05, 0) is 12.3 Å². The Morgan fingerprint density at radius 3 is 2.70 bits per heavy atom. The third kappa shape index (κ3) is 5.60. The highest BCUT2D eigenvalue weighted by Gasteiger charge is 2.01. The minimum absolute atomic E-state index is 0.198. The average molecular weight is 143 g/mol. The minimum Gasteiger partial charge on any atom is -0.466 e. The van der Waals surface area contributed by atoms with Crippen LogP contribution in [0.3, 0.4) is 0 Å². The molecule has 0 aromatic heterocycles. The molecular formula is C8H15O2. The molecule has 0 aliphatic carbocycles. The molecule has 1 radical (unpaired) electrons. The molecule has 0 saturated carbocycles. The van der Waals surface area contributed by atoms with E-state index in [9.17, 15) is 4.79 Å². The molecule has 0 fully saturated rings. The van der Waals surface area contributed by atoms with E-state index in [1.165, 1.54) is 6.92 Å². The van der Waals surface area contributed by atoms with Gasteiger partial charge in [0.05, 0.1) is 6.61 Å². The van der Waals surface area contributed by atoms with Crippen molar-refractivity contribution >= 4 is 5.97 Å². The van der Waals surface area contributed by atoms with Crippen LogP contribution in [0.2, 0.25) is 0 Å². The van der Waals surface area contributed by atoms with Crippen molar-refractivity contribution in [1.29, 1.82) is 0 Å². The number of carbonyl (C=O) groups excluding carboxylic acids is 1. The monoisotopic (exact) mass is 143 g/mol. The molecule has 0 amide bonds. The van der Waals surface area contributed by atoms with Gasteiger partial charge in [0, 0.05) is 6.92 Å². The van der Waals surface area contributed by atoms with Crippen LogP contribution in [-0.2, 0) is 9.53 Å². The number of hydrogen-bond acceptors (Lipinski definition) is 2. The molecule has 0 aliphatic heterocycles. The van der Waals surface area contributed by atoms with Gasteiger partial charge in [0.2, 0.25) is 0 Å². The van der Waals surface area contributed by atoms with Crippen molar-refractivity contribution in [2.45, 2.75) is 26.7 Å². The Labute approximate surface area is 62.6 Å². The summed E-state index contributed by atoms with van der Waals surface area (Å²) >= 11 is 0. The van der Waals surface area contributed by atoms with Gasteiger partial charge in [-0.15, -0.1) is 0 Å². The molecule has 0 aromatic rings. The summed E-state index contributed by atoms with van der Waals surface area (Å²) in [6.45, 7) is 7.72. The molecule has 1 unspecified atom stereocenters. The Balaban J connectivity index is 3.21. The summed E-state index contributed by atoms with van der Waals surface area (Å²) in [7, 11) is 0. The number of esters is 1. The van der Waals surface area contributed by atoms with Gasteiger partial charge in [0.25, 0.3) is 0 Å². The predicted molar refractivity (Wildman–Crippen MR) is 40.4 cm³/mol. The highest BCUT2D eigenvalue weighted by Crippen LogP contribution is 2.04. The Bertz CT molecular complexity index is 99.4. The number of hydrogen-bond donors (Lipinski definition) is 0. The van der Waals surface area contributed by atoms with Crippen LogP contribution in [0, 0.1) is 12.8 Å². The molecule has 0 aliphatic rings. The van der Waals surface area contributed by atoms with Gasteiger partial charge in [-0.25, -0.2) is 0 Å². The average Bonchev–Trinajstić information content (AvgIpc) is 1.85. The second-order valence-electron chi connectivity index (χ2n) is 2.55. The summed E-state index contributed by atoms with van der Waals surface area (Å²) in [5.74, 6) is 0.248. The van der Waals surface area contributed by atoms with Crippen molar-refractivity contribution in [2.24, 2.45) is 5.92 Å². The van der Waals surface area contributed by atoms with Gasteiger partial charge in [0.1, 0.15) is 0 Å². The van der Waals surface area contributed by atoms with Crippen LogP contribution in [-0.4, -0.2) is 12.6 Å². The lowest BCUT2D eigenvalue weighted by molar-refractivity contribution is -0.142. The standard InChI is InChI=1S/C8H15O2/c1-4-5-7(2)6-10-8(3)9/h7H,1,4-6H2,2-3H3. The number of ether oxygens (including phenoxy) is 1. The van der Waals surface area contributed by atoms with Crippen LogP contribution in [0.15, 0.2) is 0 Å². The molecule has 2 nitrogen and oxygen atoms in total. The fourth-order valence-electron chi connectivity index (χ4n) is 0.691. The maximum absolute atomic E-state index is 10.3. The zero-order chi connectivity index (χ0) is 7.98. The van der Waals surface area contributed by atoms with Crippen LogP contribution in [0.4, 0.5) is 0 Å². The molecule has 2 heteroatoms. The van der Waals surface area contributed by atoms with Gasteiger partial charge in [-0.2, -0.15) is 0 Å². The van der Waals surface area contributed by atoms with E-state index in [2.05, 4.69) is 6.92 Å². The minimum atomic E-state index is -0.198. The van der Waals surface area contributed by atoms with Crippen LogP contribution in [0.1, 0.15) is 26.7 Å². The maximum Gasteiger partial charge on any atom is 0.302 e. The number of carbonyl (C=O) groups is 1. The zero-order valence-corrected chi connectivity index (χ0v) is 6.72. The van der Waals surface area contributed by atoms with E-state index in [0.717, 1.165) is 12.8 Å². The van der Waals surface area contributed by atoms with E-state index < -0.39 is 0 Å². The molecular weight excluding hydrogens is 128 g/mol. The van der Waals surface area contributed by atoms with Gasteiger partial charge >= 0.3 is 5.97 Å². The molecule has 10 heavy (non-hydrogen) atoms. The van der Waals surface area contributed by atoms with E-state index >= 15 is 0 Å². The van der Waals surface area contributed by atoms with Crippen molar-refractivity contribution < 1.29 is 9.53 Å². The lowest BCUT2D eigenvalue weighted by Crippen LogP contribution is -2.08. The topological polar surface area (TPSA) is 26.3 Å². The van der Waals surface area contributed by atoms with E-state index in [0.29, 0.717) is 12.5 Å². The second kappa shape index (κ2) is 5.27. The summed E-state index contributed by atoms with van der Waals surface area (Å²) in [4.78, 5) is 10.3. The highest BCUT2D eigenvalue weighted by atomic mass is 16.5. The lowest BCUT2D eigenvalue weighted by atomic mass is 10.1. The quantitative estimate of drug-likeness (QED) is 0.561. The van der Waals surface area contributed by atoms with Crippen LogP contribution >= 0.6 is 0 Å². The van der Waals surface area contributed by atoms with Crippen molar-refractivity contribution in [2.75, 3.05) is 6.61 Å². The Hall–Kier alpha value is -0.530. The molecule has 0 spiro atoms. The fourth-order valence-corrected chi connectivity index (χ4v) is 0.691. The molecule has 0 rings (SSSR count). The van der Waals surface area contributed by atoms with Gasteiger partial charge < -0.3 is 4.74 Å². The molecule has 0 N–H and O–H groups in total. The normalized spacial score (nSPS) is 12.7. The van der Waals surface area contributed by atoms with E-state index in [4.69, 9.17) is 4.74 Å². The van der Waals surface area contributed by atoms with Crippen LogP contribution in [0.25, 0.3) is 0 Å². The summed E-state index contributed by atoms with van der Waals surface area (Å²) in [6.07, 6.45) is 1.93. The highest BCUT2D eigenvalue weighted by molar-refractivity contribution is 5.65. The van der Waals surface area contributed by atoms with Gasteiger partial charge in [-0.3, -0.25) is 4.79 Å². The van der Waals surface area contributed by atoms with E-state index in [1.807, 2.05) is 6.92 Å². The third-order valence-corrected chi connectivity index (χ3v) is 1.27. The molecule has 0 bridgehead atoms. The zero-order valence-electron chi connectivity index (χ0n) is 6.72. The maximum atomic E-state index is 10.3. The molecule has 0 saturated heterocycles. The van der Waals surface area contributed by atoms with E-state index in [-0.39, 0.29) is 5.97 Å². The fraction of sp³-hybridized carbons (Fsp3) is 0.750. The Kier molecular flexibility index (Phi) is 4.99. The predicted octanol–water partition coefficient (Wildman–Crippen LogP) is 1.80. The molecule has 59 valence electrons. The summed E-state index contributed by atoms with van der Waals surface area (Å²) < 4.78 is 4.79. The van der Waals surface area contributed by atoms with Crippen molar-refractivity contribution in [3.05, 3.63) is 6.92 Å². The first-order valence-electron chi connectivity index (χ1n) is 3.59. The summed E-state index contributed by atoms with van der Waals surface area (Å²) in [5, 5.41) is 0. The SMILES string of the molecule is [CH2]CCC(C)COC(C)=O. The first kappa shape index (κ1) is 9.47. The first-order chi connectivity index (χ1) is 4.66. The van der Waals surface area contributed by atoms with Crippen LogP contribution in [0.5, 0.6) is 0 Å². The van der Waals surface area contributed by atoms with Gasteiger partial charge in [0.15, 0.2) is 0 Å². The van der Waals surface area contributed by atoms with Crippen molar-refractivity contribution in [1.82, 2.24) is 0 Å². The number of rotatable bonds is 4. The first-order valence-corrected chi connectivity index (χ1v) is 3.59. The van der Waals surface area contributed by atoms with Crippen molar-refractivity contribution in [3.63, 3.8) is 0 Å². The third-order valence-electron chi connectivity index (χ3n) is 1.27. The second-order valence-corrected chi connectivity index (χ2v) is 2.55. The summed E-state index contributed by atoms with van der Waals surface area (Å²) in [6, 6.07) is 0. The van der Waals surface area contributed by atoms with Crippen molar-refractivity contribution in [3.8, 4) is 0 Å². The molecule has 0 heterocycles.